The largest absolute Gasteiger partial charge is 0.424 e. The van der Waals surface area contributed by atoms with Gasteiger partial charge in [0.2, 0.25) is 0 Å². The fourth-order valence-electron chi connectivity index (χ4n) is 2.98. The molecule has 94 valence electrons. The fourth-order valence-corrected chi connectivity index (χ4v) is 17.5. The first kappa shape index (κ1) is 13.3. The molecule has 0 aromatic heterocycles. The first-order valence-electron chi connectivity index (χ1n) is 5.99. The van der Waals surface area contributed by atoms with Crippen LogP contribution in [0.4, 0.5) is 10.1 Å². The molecule has 1 saturated heterocycles. The summed E-state index contributed by atoms with van der Waals surface area (Å²) in [5.74, 6) is -0.149. The molecule has 0 atom stereocenters. The Morgan fingerprint density at radius 3 is 2.12 bits per heavy atom. The Labute approximate surface area is 113 Å². The van der Waals surface area contributed by atoms with E-state index in [1.54, 1.807) is 6.07 Å². The van der Waals surface area contributed by atoms with Gasteiger partial charge in [-0.05, 0) is 46.2 Å². The van der Waals surface area contributed by atoms with Crippen molar-refractivity contribution in [2.75, 3.05) is 4.23 Å². The number of rotatable bonds is 1. The average molecular weight is 332 g/mol. The van der Waals surface area contributed by atoms with Crippen LogP contribution >= 0.6 is 15.9 Å². The minimum Gasteiger partial charge on any atom is -0.424 e. The molecule has 1 aromatic rings. The van der Waals surface area contributed by atoms with Crippen molar-refractivity contribution < 1.29 is 4.39 Å². The fraction of sp³-hybridized carbons (Fsp3) is 0.500. The van der Waals surface area contributed by atoms with E-state index in [0.717, 1.165) is 5.69 Å². The monoisotopic (exact) mass is 331 g/mol. The van der Waals surface area contributed by atoms with Gasteiger partial charge in [-0.1, -0.05) is 26.2 Å². The van der Waals surface area contributed by atoms with E-state index in [9.17, 15) is 4.39 Å². The smallest absolute Gasteiger partial charge is 0.141 e. The van der Waals surface area contributed by atoms with Crippen LogP contribution in [-0.2, 0) is 0 Å². The van der Waals surface area contributed by atoms with E-state index < -0.39 is 16.5 Å². The lowest BCUT2D eigenvalue weighted by molar-refractivity contribution is 0.621. The number of anilines is 1. The summed E-state index contributed by atoms with van der Waals surface area (Å²) in [5, 5.41) is 0. The molecule has 0 aliphatic carbocycles. The Bertz CT molecular complexity index is 432. The first-order valence-corrected chi connectivity index (χ1v) is 13.1. The zero-order valence-corrected chi connectivity index (χ0v) is 14.4. The minimum atomic E-state index is -1.37. The van der Waals surface area contributed by atoms with Gasteiger partial charge in [0.15, 0.2) is 0 Å². The predicted octanol–water partition coefficient (Wildman–Crippen LogP) is 4.82. The summed E-state index contributed by atoms with van der Waals surface area (Å²) < 4.78 is 16.9. The van der Waals surface area contributed by atoms with Gasteiger partial charge in [0, 0.05) is 5.69 Å². The topological polar surface area (TPSA) is 3.24 Å². The van der Waals surface area contributed by atoms with Crippen LogP contribution in [0.25, 0.3) is 0 Å². The van der Waals surface area contributed by atoms with Crippen molar-refractivity contribution >= 4 is 38.1 Å². The summed E-state index contributed by atoms with van der Waals surface area (Å²) >= 11 is 3.22. The van der Waals surface area contributed by atoms with Gasteiger partial charge in [-0.2, -0.15) is 0 Å². The van der Waals surface area contributed by atoms with Gasteiger partial charge in [-0.25, -0.2) is 4.39 Å². The van der Waals surface area contributed by atoms with Crippen LogP contribution in [0, 0.1) is 5.82 Å². The second kappa shape index (κ2) is 4.21. The molecule has 1 fully saturated rings. The standard InChI is InChI=1S/C12H19BrFNSi2/c1-16(2)7-8-17(3,4)15(16)10-5-6-11(13)12(14)9-10/h5-6,9H,7-8H2,1-4H3. The lowest BCUT2D eigenvalue weighted by Crippen LogP contribution is -2.55. The normalized spacial score (nSPS) is 21.9. The summed E-state index contributed by atoms with van der Waals surface area (Å²) in [6.45, 7) is 9.59. The number of halogens is 2. The molecule has 5 heteroatoms. The lowest BCUT2D eigenvalue weighted by atomic mass is 10.3. The Morgan fingerprint density at radius 1 is 1.12 bits per heavy atom. The second-order valence-corrected chi connectivity index (χ2v) is 16.5. The highest BCUT2D eigenvalue weighted by Gasteiger charge is 2.47. The Kier molecular flexibility index (Phi) is 3.29. The van der Waals surface area contributed by atoms with E-state index in [1.807, 2.05) is 6.07 Å². The third-order valence-electron chi connectivity index (χ3n) is 3.72. The Morgan fingerprint density at radius 2 is 1.65 bits per heavy atom. The number of hydrogen-bond donors (Lipinski definition) is 0. The van der Waals surface area contributed by atoms with Crippen molar-refractivity contribution in [2.24, 2.45) is 0 Å². The molecule has 0 unspecified atom stereocenters. The molecule has 2 rings (SSSR count). The molecule has 0 bridgehead atoms. The van der Waals surface area contributed by atoms with E-state index in [0.29, 0.717) is 4.47 Å². The summed E-state index contributed by atoms with van der Waals surface area (Å²) in [4.78, 5) is 0. The SMILES string of the molecule is C[Si]1(C)CC[Si](C)(C)N1c1ccc(Br)c(F)c1. The quantitative estimate of drug-likeness (QED) is 0.667. The van der Waals surface area contributed by atoms with Crippen LogP contribution in [0.15, 0.2) is 22.7 Å². The minimum absolute atomic E-state index is 0.149. The molecule has 1 heterocycles. The van der Waals surface area contributed by atoms with E-state index in [-0.39, 0.29) is 5.82 Å². The van der Waals surface area contributed by atoms with Crippen LogP contribution < -0.4 is 4.23 Å². The third-order valence-corrected chi connectivity index (χ3v) is 14.4. The zero-order chi connectivity index (χ0) is 12.8. The molecule has 1 aliphatic heterocycles. The molecule has 0 spiro atoms. The van der Waals surface area contributed by atoms with Crippen molar-refractivity contribution in [3.05, 3.63) is 28.5 Å². The van der Waals surface area contributed by atoms with E-state index in [1.165, 1.54) is 12.1 Å². The van der Waals surface area contributed by atoms with Gasteiger partial charge in [0.05, 0.1) is 4.47 Å². The summed E-state index contributed by atoms with van der Waals surface area (Å²) in [6, 6.07) is 8.26. The van der Waals surface area contributed by atoms with E-state index in [2.05, 4.69) is 52.4 Å². The van der Waals surface area contributed by atoms with E-state index in [4.69, 9.17) is 0 Å². The molecule has 17 heavy (non-hydrogen) atoms. The van der Waals surface area contributed by atoms with Crippen LogP contribution in [-0.4, -0.2) is 16.5 Å². The summed E-state index contributed by atoms with van der Waals surface area (Å²) in [7, 11) is -2.75. The maximum Gasteiger partial charge on any atom is 0.141 e. The summed E-state index contributed by atoms with van der Waals surface area (Å²) in [5.41, 5.74) is 1.09. The highest BCUT2D eigenvalue weighted by Crippen LogP contribution is 2.41. The van der Waals surface area contributed by atoms with Crippen LogP contribution in [0.5, 0.6) is 0 Å². The van der Waals surface area contributed by atoms with Gasteiger partial charge in [0.25, 0.3) is 0 Å². The molecule has 0 N–H and O–H groups in total. The van der Waals surface area contributed by atoms with Crippen molar-refractivity contribution in [1.29, 1.82) is 0 Å². The van der Waals surface area contributed by atoms with Gasteiger partial charge < -0.3 is 4.23 Å². The Balaban J connectivity index is 2.47. The molecule has 0 amide bonds. The second-order valence-electron chi connectivity index (χ2n) is 6.06. The highest BCUT2D eigenvalue weighted by atomic mass is 79.9. The van der Waals surface area contributed by atoms with Crippen LogP contribution in [0.1, 0.15) is 0 Å². The van der Waals surface area contributed by atoms with E-state index >= 15 is 0 Å². The van der Waals surface area contributed by atoms with Gasteiger partial charge in [-0.15, -0.1) is 0 Å². The number of hydrogen-bond acceptors (Lipinski definition) is 1. The zero-order valence-electron chi connectivity index (χ0n) is 10.8. The van der Waals surface area contributed by atoms with Crippen molar-refractivity contribution in [3.8, 4) is 0 Å². The maximum absolute atomic E-state index is 13.7. The number of nitrogens with zero attached hydrogens (tertiary/aromatic N) is 1. The lowest BCUT2D eigenvalue weighted by Gasteiger charge is -2.41. The summed E-state index contributed by atoms with van der Waals surface area (Å²) in [6.07, 6.45) is 0. The third kappa shape index (κ3) is 2.37. The van der Waals surface area contributed by atoms with Crippen molar-refractivity contribution in [1.82, 2.24) is 0 Å². The molecule has 0 saturated carbocycles. The average Bonchev–Trinajstić information content (AvgIpc) is 2.41. The van der Waals surface area contributed by atoms with Crippen LogP contribution in [0.2, 0.25) is 38.3 Å². The van der Waals surface area contributed by atoms with Gasteiger partial charge in [0.1, 0.15) is 22.3 Å². The molecular formula is C12H19BrFNSi2. The molecule has 1 aromatic carbocycles. The molecule has 0 radical (unpaired) electrons. The molecule has 1 aliphatic rings. The maximum atomic E-state index is 13.7. The Hall–Kier alpha value is -0.136. The predicted molar refractivity (Wildman–Crippen MR) is 81.2 cm³/mol. The first-order chi connectivity index (χ1) is 7.74. The highest BCUT2D eigenvalue weighted by molar-refractivity contribution is 9.10. The number of benzene rings is 1. The molecule has 1 nitrogen and oxygen atoms in total. The van der Waals surface area contributed by atoms with Gasteiger partial charge in [-0.3, -0.25) is 0 Å². The van der Waals surface area contributed by atoms with Crippen LogP contribution in [0.3, 0.4) is 0 Å². The van der Waals surface area contributed by atoms with Crippen molar-refractivity contribution in [2.45, 2.75) is 38.3 Å². The molecular weight excluding hydrogens is 313 g/mol. The van der Waals surface area contributed by atoms with Crippen molar-refractivity contribution in [3.63, 3.8) is 0 Å². The van der Waals surface area contributed by atoms with Gasteiger partial charge >= 0.3 is 0 Å².